The summed E-state index contributed by atoms with van der Waals surface area (Å²) in [6, 6.07) is 18.5. The zero-order chi connectivity index (χ0) is 21.1. The first-order valence-electron chi connectivity index (χ1n) is 9.13. The molecule has 1 amide bonds. The summed E-state index contributed by atoms with van der Waals surface area (Å²) in [5.41, 5.74) is 3.98. The van der Waals surface area contributed by atoms with Crippen LogP contribution in [-0.2, 0) is 4.79 Å². The number of nitro groups is 1. The van der Waals surface area contributed by atoms with E-state index in [0.29, 0.717) is 17.3 Å². The highest BCUT2D eigenvalue weighted by Crippen LogP contribution is 2.26. The van der Waals surface area contributed by atoms with Crippen LogP contribution in [0.25, 0.3) is 22.6 Å². The van der Waals surface area contributed by atoms with Crippen LogP contribution in [-0.4, -0.2) is 22.4 Å². The SMILES string of the molecule is Cc1ccc2oc(-c3ccc(NC(=O)COc4ccc([N+](=O)[O-])cc4)cc3)nc2c1. The molecule has 0 spiro atoms. The Morgan fingerprint density at radius 1 is 1.10 bits per heavy atom. The van der Waals surface area contributed by atoms with Gasteiger partial charge in [-0.2, -0.15) is 0 Å². The number of benzene rings is 3. The second-order valence-corrected chi connectivity index (χ2v) is 6.66. The molecular formula is C22H17N3O5. The molecule has 4 aromatic rings. The lowest BCUT2D eigenvalue weighted by molar-refractivity contribution is -0.384. The van der Waals surface area contributed by atoms with Gasteiger partial charge in [0.1, 0.15) is 11.3 Å². The number of anilines is 1. The van der Waals surface area contributed by atoms with E-state index in [9.17, 15) is 14.9 Å². The van der Waals surface area contributed by atoms with Crippen LogP contribution in [0.4, 0.5) is 11.4 Å². The molecule has 0 bridgehead atoms. The minimum absolute atomic E-state index is 0.0408. The number of ether oxygens (including phenoxy) is 1. The van der Waals surface area contributed by atoms with Crippen LogP contribution >= 0.6 is 0 Å². The number of non-ortho nitro benzene ring substituents is 1. The standard InChI is InChI=1S/C22H17N3O5/c1-14-2-11-20-19(12-14)24-22(30-20)15-3-5-16(6-4-15)23-21(26)13-29-18-9-7-17(8-10-18)25(27)28/h2-12H,13H2,1H3,(H,23,26). The van der Waals surface area contributed by atoms with Crippen molar-refractivity contribution in [2.24, 2.45) is 0 Å². The number of rotatable bonds is 6. The Kier molecular flexibility index (Phi) is 5.13. The van der Waals surface area contributed by atoms with Gasteiger partial charge in [-0.15, -0.1) is 0 Å². The Morgan fingerprint density at radius 2 is 1.83 bits per heavy atom. The van der Waals surface area contributed by atoms with Crippen LogP contribution < -0.4 is 10.1 Å². The molecule has 3 aromatic carbocycles. The minimum atomic E-state index is -0.498. The van der Waals surface area contributed by atoms with Crippen LogP contribution in [0.2, 0.25) is 0 Å². The first-order chi connectivity index (χ1) is 14.5. The number of hydrogen-bond donors (Lipinski definition) is 1. The summed E-state index contributed by atoms with van der Waals surface area (Å²) in [4.78, 5) is 26.7. The van der Waals surface area contributed by atoms with Gasteiger partial charge < -0.3 is 14.5 Å². The molecule has 0 unspecified atom stereocenters. The second kappa shape index (κ2) is 8.04. The second-order valence-electron chi connectivity index (χ2n) is 6.66. The minimum Gasteiger partial charge on any atom is -0.484 e. The highest BCUT2D eigenvalue weighted by Gasteiger charge is 2.10. The molecule has 4 rings (SSSR count). The summed E-state index contributed by atoms with van der Waals surface area (Å²) in [6.45, 7) is 1.78. The molecule has 0 atom stereocenters. The third kappa shape index (κ3) is 4.27. The fourth-order valence-corrected chi connectivity index (χ4v) is 2.87. The van der Waals surface area contributed by atoms with Crippen molar-refractivity contribution >= 4 is 28.4 Å². The first kappa shape index (κ1) is 19.1. The van der Waals surface area contributed by atoms with Crippen molar-refractivity contribution in [2.75, 3.05) is 11.9 Å². The monoisotopic (exact) mass is 403 g/mol. The van der Waals surface area contributed by atoms with Gasteiger partial charge in [-0.05, 0) is 61.0 Å². The quantitative estimate of drug-likeness (QED) is 0.368. The fourth-order valence-electron chi connectivity index (χ4n) is 2.87. The lowest BCUT2D eigenvalue weighted by atomic mass is 10.2. The number of aromatic nitrogens is 1. The van der Waals surface area contributed by atoms with Gasteiger partial charge in [0.2, 0.25) is 5.89 Å². The maximum atomic E-state index is 12.1. The molecular weight excluding hydrogens is 386 g/mol. The van der Waals surface area contributed by atoms with Gasteiger partial charge in [-0.25, -0.2) is 4.98 Å². The average Bonchev–Trinajstić information content (AvgIpc) is 3.16. The highest BCUT2D eigenvalue weighted by molar-refractivity contribution is 5.92. The summed E-state index contributed by atoms with van der Waals surface area (Å²) < 4.78 is 11.1. The van der Waals surface area contributed by atoms with E-state index in [1.54, 1.807) is 12.1 Å². The molecule has 1 N–H and O–H groups in total. The fraction of sp³-hybridized carbons (Fsp3) is 0.0909. The van der Waals surface area contributed by atoms with Crippen molar-refractivity contribution in [1.82, 2.24) is 4.98 Å². The van der Waals surface area contributed by atoms with Gasteiger partial charge in [-0.1, -0.05) is 6.07 Å². The molecule has 0 saturated carbocycles. The van der Waals surface area contributed by atoms with E-state index < -0.39 is 4.92 Å². The predicted molar refractivity (Wildman–Crippen MR) is 111 cm³/mol. The van der Waals surface area contributed by atoms with E-state index in [0.717, 1.165) is 22.2 Å². The van der Waals surface area contributed by atoms with Gasteiger partial charge in [-0.3, -0.25) is 14.9 Å². The molecule has 1 aromatic heterocycles. The maximum Gasteiger partial charge on any atom is 0.269 e. The van der Waals surface area contributed by atoms with Crippen molar-refractivity contribution < 1.29 is 18.9 Å². The average molecular weight is 403 g/mol. The van der Waals surface area contributed by atoms with Crippen LogP contribution in [0.1, 0.15) is 5.56 Å². The number of nitro benzene ring substituents is 1. The number of aryl methyl sites for hydroxylation is 1. The van der Waals surface area contributed by atoms with E-state index in [4.69, 9.17) is 9.15 Å². The maximum absolute atomic E-state index is 12.1. The topological polar surface area (TPSA) is 108 Å². The van der Waals surface area contributed by atoms with E-state index >= 15 is 0 Å². The number of carbonyl (C=O) groups excluding carboxylic acids is 1. The molecule has 8 nitrogen and oxygen atoms in total. The van der Waals surface area contributed by atoms with E-state index in [2.05, 4.69) is 10.3 Å². The van der Waals surface area contributed by atoms with Gasteiger partial charge in [0, 0.05) is 23.4 Å². The van der Waals surface area contributed by atoms with E-state index in [-0.39, 0.29) is 18.2 Å². The van der Waals surface area contributed by atoms with Crippen molar-refractivity contribution in [3.8, 4) is 17.2 Å². The largest absolute Gasteiger partial charge is 0.484 e. The van der Waals surface area contributed by atoms with Gasteiger partial charge >= 0.3 is 0 Å². The Balaban J connectivity index is 1.36. The predicted octanol–water partition coefficient (Wildman–Crippen LogP) is 4.73. The number of nitrogens with one attached hydrogen (secondary N) is 1. The Morgan fingerprint density at radius 3 is 2.53 bits per heavy atom. The van der Waals surface area contributed by atoms with Gasteiger partial charge in [0.15, 0.2) is 12.2 Å². The van der Waals surface area contributed by atoms with Gasteiger partial charge in [0.05, 0.1) is 4.92 Å². The zero-order valence-electron chi connectivity index (χ0n) is 16.0. The van der Waals surface area contributed by atoms with Crippen LogP contribution in [0.15, 0.2) is 71.1 Å². The van der Waals surface area contributed by atoms with Crippen molar-refractivity contribution in [2.45, 2.75) is 6.92 Å². The van der Waals surface area contributed by atoms with Crippen LogP contribution in [0.5, 0.6) is 5.75 Å². The number of hydrogen-bond acceptors (Lipinski definition) is 6. The molecule has 1 heterocycles. The smallest absolute Gasteiger partial charge is 0.269 e. The summed E-state index contributed by atoms with van der Waals surface area (Å²) in [6.07, 6.45) is 0. The Labute approximate surface area is 171 Å². The summed E-state index contributed by atoms with van der Waals surface area (Å²) >= 11 is 0. The lowest BCUT2D eigenvalue weighted by Gasteiger charge is -2.07. The number of amides is 1. The molecule has 0 radical (unpaired) electrons. The molecule has 0 saturated heterocycles. The molecule has 0 aliphatic carbocycles. The van der Waals surface area contributed by atoms with Crippen molar-refractivity contribution in [1.29, 1.82) is 0 Å². The van der Waals surface area contributed by atoms with Gasteiger partial charge in [0.25, 0.3) is 11.6 Å². The third-order valence-corrected chi connectivity index (χ3v) is 4.38. The zero-order valence-corrected chi connectivity index (χ0v) is 16.0. The van der Waals surface area contributed by atoms with Crippen LogP contribution in [0.3, 0.4) is 0 Å². The lowest BCUT2D eigenvalue weighted by Crippen LogP contribution is -2.20. The number of fused-ring (bicyclic) bond motifs is 1. The molecule has 8 heteroatoms. The van der Waals surface area contributed by atoms with Crippen molar-refractivity contribution in [3.05, 3.63) is 82.4 Å². The van der Waals surface area contributed by atoms with E-state index in [1.165, 1.54) is 24.3 Å². The molecule has 150 valence electrons. The summed E-state index contributed by atoms with van der Waals surface area (Å²) in [5, 5.41) is 13.4. The first-order valence-corrected chi connectivity index (χ1v) is 9.13. The van der Waals surface area contributed by atoms with E-state index in [1.807, 2.05) is 37.3 Å². The molecule has 0 aliphatic rings. The summed E-state index contributed by atoms with van der Waals surface area (Å²) in [5.74, 6) is 0.533. The number of nitrogens with zero attached hydrogens (tertiary/aromatic N) is 2. The Bertz CT molecular complexity index is 1210. The summed E-state index contributed by atoms with van der Waals surface area (Å²) in [7, 11) is 0. The van der Waals surface area contributed by atoms with Crippen LogP contribution in [0, 0.1) is 17.0 Å². The highest BCUT2D eigenvalue weighted by atomic mass is 16.6. The molecule has 30 heavy (non-hydrogen) atoms. The third-order valence-electron chi connectivity index (χ3n) is 4.38. The van der Waals surface area contributed by atoms with Crippen molar-refractivity contribution in [3.63, 3.8) is 0 Å². The molecule has 0 aliphatic heterocycles. The number of carbonyl (C=O) groups is 1. The molecule has 0 fully saturated rings. The normalized spacial score (nSPS) is 10.7. The Hall–Kier alpha value is -4.20. The number of oxazole rings is 1.